The number of nitrogens with two attached hydrogens (primary N) is 1. The first-order valence-electron chi connectivity index (χ1n) is 12.6. The summed E-state index contributed by atoms with van der Waals surface area (Å²) in [4.78, 5) is 36.0. The molecule has 10 heteroatoms. The molecule has 2 amide bonds. The summed E-state index contributed by atoms with van der Waals surface area (Å²) in [7, 11) is 0. The molecule has 0 spiro atoms. The number of halogens is 2. The molecule has 1 aromatic carbocycles. The molecule has 2 saturated heterocycles. The molecule has 3 aliphatic rings. The van der Waals surface area contributed by atoms with Gasteiger partial charge in [-0.1, -0.05) is 17.7 Å². The van der Waals surface area contributed by atoms with Gasteiger partial charge in [-0.05, 0) is 61.5 Å². The number of anilines is 1. The zero-order chi connectivity index (χ0) is 25.2. The van der Waals surface area contributed by atoms with Crippen LogP contribution in [0, 0.1) is 23.6 Å². The quantitative estimate of drug-likeness (QED) is 0.550. The lowest BCUT2D eigenvalue weighted by Crippen LogP contribution is -2.57. The van der Waals surface area contributed by atoms with Crippen molar-refractivity contribution in [2.45, 2.75) is 44.6 Å². The van der Waals surface area contributed by atoms with Crippen LogP contribution in [0.4, 0.5) is 10.3 Å². The van der Waals surface area contributed by atoms with Crippen molar-refractivity contribution in [2.75, 3.05) is 31.1 Å². The van der Waals surface area contributed by atoms with Gasteiger partial charge in [0.1, 0.15) is 17.6 Å². The Labute approximate surface area is 215 Å². The fourth-order valence-corrected chi connectivity index (χ4v) is 5.61. The molecule has 3 atom stereocenters. The smallest absolute Gasteiger partial charge is 0.240 e. The molecule has 2 N–H and O–H groups in total. The second-order valence-corrected chi connectivity index (χ2v) is 10.5. The maximum absolute atomic E-state index is 14.6. The number of aromatic nitrogens is 2. The van der Waals surface area contributed by atoms with Crippen LogP contribution < -0.4 is 15.4 Å². The van der Waals surface area contributed by atoms with Gasteiger partial charge < -0.3 is 20.3 Å². The molecule has 1 aliphatic carbocycles. The third kappa shape index (κ3) is 5.56. The number of piperidine rings is 1. The Hall–Kier alpha value is -2.94. The summed E-state index contributed by atoms with van der Waals surface area (Å²) in [5.74, 6) is 2.04. The van der Waals surface area contributed by atoms with Crippen LogP contribution >= 0.6 is 11.6 Å². The van der Waals surface area contributed by atoms with Gasteiger partial charge in [0.15, 0.2) is 0 Å². The Balaban J connectivity index is 1.02. The molecule has 3 heterocycles. The topological polar surface area (TPSA) is 102 Å². The molecule has 1 unspecified atom stereocenters. The van der Waals surface area contributed by atoms with E-state index in [-0.39, 0.29) is 12.3 Å². The maximum Gasteiger partial charge on any atom is 0.240 e. The van der Waals surface area contributed by atoms with E-state index in [1.165, 1.54) is 17.4 Å². The zero-order valence-corrected chi connectivity index (χ0v) is 20.9. The summed E-state index contributed by atoms with van der Waals surface area (Å²) in [5.41, 5.74) is 5.58. The first-order chi connectivity index (χ1) is 17.4. The molecule has 8 nitrogen and oxygen atoms in total. The van der Waals surface area contributed by atoms with Crippen LogP contribution in [0.3, 0.4) is 0 Å². The zero-order valence-electron chi connectivity index (χ0n) is 20.1. The Bertz CT molecular complexity index is 1110. The lowest BCUT2D eigenvalue weighted by molar-refractivity contribution is -0.145. The van der Waals surface area contributed by atoms with Gasteiger partial charge in [0.25, 0.3) is 0 Å². The van der Waals surface area contributed by atoms with Crippen molar-refractivity contribution < 1.29 is 18.7 Å². The average molecular weight is 516 g/mol. The highest BCUT2D eigenvalue weighted by molar-refractivity contribution is 6.30. The highest BCUT2D eigenvalue weighted by Gasteiger charge is 2.43. The molecule has 36 heavy (non-hydrogen) atoms. The van der Waals surface area contributed by atoms with Crippen LogP contribution in [-0.4, -0.2) is 59.0 Å². The third-order valence-corrected chi connectivity index (χ3v) is 8.00. The first kappa shape index (κ1) is 24.7. The highest BCUT2D eigenvalue weighted by atomic mass is 35.5. The van der Waals surface area contributed by atoms with Gasteiger partial charge in [0.2, 0.25) is 17.8 Å². The molecule has 1 saturated carbocycles. The summed E-state index contributed by atoms with van der Waals surface area (Å²) >= 11 is 5.88. The maximum atomic E-state index is 14.6. The Morgan fingerprint density at radius 1 is 1.14 bits per heavy atom. The highest BCUT2D eigenvalue weighted by Crippen LogP contribution is 2.49. The van der Waals surface area contributed by atoms with E-state index in [0.717, 1.165) is 44.2 Å². The number of nitrogens with zero attached hydrogens (tertiary/aromatic N) is 4. The fourth-order valence-electron chi connectivity index (χ4n) is 5.51. The van der Waals surface area contributed by atoms with E-state index in [9.17, 15) is 14.0 Å². The normalized spacial score (nSPS) is 23.8. The summed E-state index contributed by atoms with van der Waals surface area (Å²) < 4.78 is 20.4. The van der Waals surface area contributed by atoms with Gasteiger partial charge in [0, 0.05) is 25.7 Å². The number of primary amides is 1. The van der Waals surface area contributed by atoms with Gasteiger partial charge in [0.05, 0.1) is 30.4 Å². The standard InChI is InChI=1S/C26H31ClFN5O3/c27-19-14-30-26(31-15-19)32-7-3-16(4-8-32)21-11-17(21)6-10-36-20-2-1-18(22(28)13-20)12-24(34)33-9-5-23(33)25(29)35/h1-2,13-17,21,23H,3-12H2,(H2,29,35)/t17-,21-,23?/m1/s1. The number of carbonyl (C=O) groups is 2. The van der Waals surface area contributed by atoms with E-state index in [1.54, 1.807) is 24.5 Å². The number of benzene rings is 1. The number of hydrogen-bond donors (Lipinski definition) is 1. The summed E-state index contributed by atoms with van der Waals surface area (Å²) in [6.45, 7) is 2.94. The molecule has 0 radical (unpaired) electrons. The van der Waals surface area contributed by atoms with Gasteiger partial charge in [-0.15, -0.1) is 0 Å². The fraction of sp³-hybridized carbons (Fsp3) is 0.538. The largest absolute Gasteiger partial charge is 0.493 e. The van der Waals surface area contributed by atoms with Gasteiger partial charge in [-0.2, -0.15) is 0 Å². The lowest BCUT2D eigenvalue weighted by atomic mass is 9.90. The Morgan fingerprint density at radius 3 is 2.53 bits per heavy atom. The van der Waals surface area contributed by atoms with Crippen molar-refractivity contribution in [3.8, 4) is 5.75 Å². The average Bonchev–Trinajstić information content (AvgIpc) is 3.60. The minimum absolute atomic E-state index is 0.0946. The predicted octanol–water partition coefficient (Wildman–Crippen LogP) is 3.22. The molecular weight excluding hydrogens is 485 g/mol. The SMILES string of the molecule is NC(=O)C1CCN1C(=O)Cc1ccc(OCC[C@@H]2C[C@@H]2C2CCN(c3ncc(Cl)cn3)CC2)cc1F. The van der Waals surface area contributed by atoms with E-state index in [1.807, 2.05) is 0 Å². The van der Waals surface area contributed by atoms with Gasteiger partial charge in [-0.3, -0.25) is 9.59 Å². The van der Waals surface area contributed by atoms with Gasteiger partial charge in [-0.25, -0.2) is 14.4 Å². The molecule has 3 fully saturated rings. The van der Waals surface area contributed by atoms with Crippen LogP contribution in [0.5, 0.6) is 5.75 Å². The van der Waals surface area contributed by atoms with Crippen molar-refractivity contribution in [1.29, 1.82) is 0 Å². The number of amides is 2. The van der Waals surface area contributed by atoms with E-state index in [0.29, 0.717) is 47.7 Å². The van der Waals surface area contributed by atoms with E-state index in [2.05, 4.69) is 14.9 Å². The summed E-state index contributed by atoms with van der Waals surface area (Å²) in [6, 6.07) is 4.05. The van der Waals surface area contributed by atoms with Crippen molar-refractivity contribution >= 4 is 29.4 Å². The van der Waals surface area contributed by atoms with Crippen molar-refractivity contribution in [1.82, 2.24) is 14.9 Å². The Kier molecular flexibility index (Phi) is 7.27. The number of likely N-dealkylation sites (tertiary alicyclic amines) is 1. The lowest BCUT2D eigenvalue weighted by Gasteiger charge is -2.38. The summed E-state index contributed by atoms with van der Waals surface area (Å²) in [6.07, 6.45) is 8.20. The minimum Gasteiger partial charge on any atom is -0.493 e. The van der Waals surface area contributed by atoms with Crippen LogP contribution in [0.15, 0.2) is 30.6 Å². The molecule has 2 aromatic rings. The van der Waals surface area contributed by atoms with Crippen molar-refractivity contribution in [3.63, 3.8) is 0 Å². The van der Waals surface area contributed by atoms with Crippen LogP contribution in [-0.2, 0) is 16.0 Å². The summed E-state index contributed by atoms with van der Waals surface area (Å²) in [5, 5.41) is 0.548. The molecular formula is C26H31ClFN5O3. The number of carbonyl (C=O) groups excluding carboxylic acids is 2. The van der Waals surface area contributed by atoms with Crippen molar-refractivity contribution in [2.24, 2.45) is 23.5 Å². The number of hydrogen-bond acceptors (Lipinski definition) is 6. The number of rotatable bonds is 9. The molecule has 1 aromatic heterocycles. The third-order valence-electron chi connectivity index (χ3n) is 7.80. The molecule has 2 aliphatic heterocycles. The second-order valence-electron chi connectivity index (χ2n) is 10.0. The van der Waals surface area contributed by atoms with E-state index in [4.69, 9.17) is 22.1 Å². The molecule has 0 bridgehead atoms. The minimum atomic E-state index is -0.570. The predicted molar refractivity (Wildman–Crippen MR) is 133 cm³/mol. The van der Waals surface area contributed by atoms with Gasteiger partial charge >= 0.3 is 0 Å². The number of ether oxygens (including phenoxy) is 1. The molecule has 5 rings (SSSR count). The second kappa shape index (κ2) is 10.6. The monoisotopic (exact) mass is 515 g/mol. The first-order valence-corrected chi connectivity index (χ1v) is 13.0. The van der Waals surface area contributed by atoms with E-state index >= 15 is 0 Å². The van der Waals surface area contributed by atoms with Crippen LogP contribution in [0.25, 0.3) is 0 Å². The van der Waals surface area contributed by atoms with E-state index < -0.39 is 17.8 Å². The van der Waals surface area contributed by atoms with Crippen LogP contribution in [0.1, 0.15) is 37.7 Å². The van der Waals surface area contributed by atoms with Crippen LogP contribution in [0.2, 0.25) is 5.02 Å². The molecule has 192 valence electrons. The Morgan fingerprint density at radius 2 is 1.89 bits per heavy atom. The van der Waals surface area contributed by atoms with Crippen molar-refractivity contribution in [3.05, 3.63) is 47.0 Å².